The molecule has 0 unspecified atom stereocenters. The maximum atomic E-state index is 10.9. The molecule has 1 aromatic carbocycles. The Bertz CT molecular complexity index is 562. The molecule has 5 heteroatoms. The largest absolute Gasteiger partial charge is 0.490 e. The summed E-state index contributed by atoms with van der Waals surface area (Å²) in [6.45, 7) is 2.68. The van der Waals surface area contributed by atoms with Crippen LogP contribution in [0.3, 0.4) is 0 Å². The van der Waals surface area contributed by atoms with Crippen LogP contribution in [0.25, 0.3) is 0 Å². The summed E-state index contributed by atoms with van der Waals surface area (Å²) in [6, 6.07) is 9.38. The summed E-state index contributed by atoms with van der Waals surface area (Å²) >= 11 is 1.15. The summed E-state index contributed by atoms with van der Waals surface area (Å²) < 4.78 is 10.9. The Hall–Kier alpha value is -2.01. The van der Waals surface area contributed by atoms with Crippen LogP contribution in [0.15, 0.2) is 35.7 Å². The van der Waals surface area contributed by atoms with Crippen LogP contribution < -0.4 is 9.47 Å². The fourth-order valence-corrected chi connectivity index (χ4v) is 2.26. The van der Waals surface area contributed by atoms with Gasteiger partial charge < -0.3 is 14.6 Å². The van der Waals surface area contributed by atoms with Crippen LogP contribution in [0.4, 0.5) is 0 Å². The summed E-state index contributed by atoms with van der Waals surface area (Å²) in [5.41, 5.74) is 1.13. The molecule has 0 aliphatic heterocycles. The molecule has 0 amide bonds. The zero-order valence-electron chi connectivity index (χ0n) is 10.5. The average molecular weight is 278 g/mol. The highest BCUT2D eigenvalue weighted by Gasteiger charge is 2.12. The predicted molar refractivity (Wildman–Crippen MR) is 73.4 cm³/mol. The molecule has 0 saturated heterocycles. The zero-order chi connectivity index (χ0) is 13.7. The lowest BCUT2D eigenvalue weighted by Crippen LogP contribution is -2.10. The summed E-state index contributed by atoms with van der Waals surface area (Å²) in [7, 11) is 0. The highest BCUT2D eigenvalue weighted by molar-refractivity contribution is 7.12. The Morgan fingerprint density at radius 2 is 2.05 bits per heavy atom. The molecular formula is C14H14O4S. The molecule has 0 saturated carbocycles. The SMILES string of the molecule is Cc1cccc(OCCOc2ccsc2C(=O)O)c1. The van der Waals surface area contributed by atoms with E-state index in [9.17, 15) is 4.79 Å². The number of benzene rings is 1. The van der Waals surface area contributed by atoms with Crippen molar-refractivity contribution >= 4 is 17.3 Å². The Balaban J connectivity index is 1.81. The number of ether oxygens (including phenoxy) is 2. The third-order valence-corrected chi connectivity index (χ3v) is 3.31. The van der Waals surface area contributed by atoms with Crippen molar-refractivity contribution < 1.29 is 19.4 Å². The molecular weight excluding hydrogens is 264 g/mol. The minimum absolute atomic E-state index is 0.218. The van der Waals surface area contributed by atoms with E-state index < -0.39 is 5.97 Å². The molecule has 0 bridgehead atoms. The van der Waals surface area contributed by atoms with Crippen LogP contribution in [-0.2, 0) is 0 Å². The van der Waals surface area contributed by atoms with Gasteiger partial charge in [0.25, 0.3) is 0 Å². The van der Waals surface area contributed by atoms with Gasteiger partial charge in [0.1, 0.15) is 24.7 Å². The average Bonchev–Trinajstić information content (AvgIpc) is 2.83. The van der Waals surface area contributed by atoms with E-state index in [0.29, 0.717) is 19.0 Å². The Morgan fingerprint density at radius 1 is 1.26 bits per heavy atom. The summed E-state index contributed by atoms with van der Waals surface area (Å²) in [4.78, 5) is 11.1. The third-order valence-electron chi connectivity index (χ3n) is 2.42. The number of rotatable bonds is 6. The fourth-order valence-electron chi connectivity index (χ4n) is 1.58. The summed E-state index contributed by atoms with van der Waals surface area (Å²) in [6.07, 6.45) is 0. The van der Waals surface area contributed by atoms with Crippen molar-refractivity contribution in [1.29, 1.82) is 0 Å². The second-order valence-electron chi connectivity index (χ2n) is 3.93. The number of carboxylic acid groups (broad SMARTS) is 1. The standard InChI is InChI=1S/C14H14O4S/c1-10-3-2-4-11(9-10)17-6-7-18-12-5-8-19-13(12)14(15)16/h2-5,8-9H,6-7H2,1H3,(H,15,16). The second-order valence-corrected chi connectivity index (χ2v) is 4.85. The van der Waals surface area contributed by atoms with Crippen molar-refractivity contribution in [2.24, 2.45) is 0 Å². The van der Waals surface area contributed by atoms with E-state index in [0.717, 1.165) is 22.6 Å². The van der Waals surface area contributed by atoms with Crippen LogP contribution in [0.2, 0.25) is 0 Å². The van der Waals surface area contributed by atoms with E-state index >= 15 is 0 Å². The van der Waals surface area contributed by atoms with Crippen LogP contribution in [0, 0.1) is 6.92 Å². The van der Waals surface area contributed by atoms with Gasteiger partial charge in [0.2, 0.25) is 0 Å². The molecule has 0 spiro atoms. The lowest BCUT2D eigenvalue weighted by atomic mass is 10.2. The smallest absolute Gasteiger partial charge is 0.349 e. The van der Waals surface area contributed by atoms with Crippen molar-refractivity contribution in [1.82, 2.24) is 0 Å². The molecule has 0 aliphatic carbocycles. The first-order valence-electron chi connectivity index (χ1n) is 5.80. The molecule has 2 rings (SSSR count). The van der Waals surface area contributed by atoms with E-state index in [1.165, 1.54) is 0 Å². The highest BCUT2D eigenvalue weighted by Crippen LogP contribution is 2.24. The summed E-state index contributed by atoms with van der Waals surface area (Å²) in [5.74, 6) is 0.210. The molecule has 0 radical (unpaired) electrons. The monoisotopic (exact) mass is 278 g/mol. The third kappa shape index (κ3) is 3.72. The lowest BCUT2D eigenvalue weighted by molar-refractivity contribution is 0.0697. The van der Waals surface area contributed by atoms with Gasteiger partial charge in [-0.2, -0.15) is 0 Å². The summed E-state index contributed by atoms with van der Waals surface area (Å²) in [5, 5.41) is 10.6. The van der Waals surface area contributed by atoms with Gasteiger partial charge in [0.05, 0.1) is 0 Å². The van der Waals surface area contributed by atoms with Crippen molar-refractivity contribution in [3.63, 3.8) is 0 Å². The maximum absolute atomic E-state index is 10.9. The van der Waals surface area contributed by atoms with Gasteiger partial charge in [-0.25, -0.2) is 4.79 Å². The molecule has 1 heterocycles. The number of carbonyl (C=O) groups is 1. The topological polar surface area (TPSA) is 55.8 Å². The zero-order valence-corrected chi connectivity index (χ0v) is 11.3. The first-order valence-corrected chi connectivity index (χ1v) is 6.68. The van der Waals surface area contributed by atoms with Gasteiger partial charge in [-0.3, -0.25) is 0 Å². The number of thiophene rings is 1. The maximum Gasteiger partial charge on any atom is 0.349 e. The van der Waals surface area contributed by atoms with Crippen molar-refractivity contribution in [2.45, 2.75) is 6.92 Å². The minimum atomic E-state index is -0.968. The Labute approximate surface area is 115 Å². The molecule has 0 atom stereocenters. The van der Waals surface area contributed by atoms with Crippen molar-refractivity contribution in [3.05, 3.63) is 46.2 Å². The number of carboxylic acids is 1. The Kier molecular flexibility index (Phi) is 4.41. The molecule has 1 aromatic heterocycles. The first kappa shape index (κ1) is 13.4. The van der Waals surface area contributed by atoms with E-state index in [-0.39, 0.29) is 4.88 Å². The van der Waals surface area contributed by atoms with Gasteiger partial charge in [0.15, 0.2) is 4.88 Å². The van der Waals surface area contributed by atoms with E-state index in [1.807, 2.05) is 31.2 Å². The fraction of sp³-hybridized carbons (Fsp3) is 0.214. The molecule has 100 valence electrons. The van der Waals surface area contributed by atoms with Gasteiger partial charge in [0, 0.05) is 0 Å². The molecule has 4 nitrogen and oxygen atoms in total. The lowest BCUT2D eigenvalue weighted by Gasteiger charge is -2.08. The second kappa shape index (κ2) is 6.24. The van der Waals surface area contributed by atoms with E-state index in [2.05, 4.69) is 0 Å². The molecule has 2 aromatic rings. The predicted octanol–water partition coefficient (Wildman–Crippen LogP) is 3.21. The van der Waals surface area contributed by atoms with Gasteiger partial charge in [-0.1, -0.05) is 12.1 Å². The normalized spacial score (nSPS) is 10.2. The van der Waals surface area contributed by atoms with Crippen LogP contribution in [0.5, 0.6) is 11.5 Å². The van der Waals surface area contributed by atoms with Gasteiger partial charge in [-0.05, 0) is 36.1 Å². The van der Waals surface area contributed by atoms with Crippen molar-refractivity contribution in [2.75, 3.05) is 13.2 Å². The Morgan fingerprint density at radius 3 is 2.79 bits per heavy atom. The number of hydrogen-bond donors (Lipinski definition) is 1. The highest BCUT2D eigenvalue weighted by atomic mass is 32.1. The van der Waals surface area contributed by atoms with E-state index in [1.54, 1.807) is 11.4 Å². The number of hydrogen-bond acceptors (Lipinski definition) is 4. The van der Waals surface area contributed by atoms with Crippen molar-refractivity contribution in [3.8, 4) is 11.5 Å². The van der Waals surface area contributed by atoms with Crippen LogP contribution in [0.1, 0.15) is 15.2 Å². The van der Waals surface area contributed by atoms with Gasteiger partial charge >= 0.3 is 5.97 Å². The van der Waals surface area contributed by atoms with Crippen LogP contribution >= 0.6 is 11.3 Å². The molecule has 0 aliphatic rings. The number of aryl methyl sites for hydroxylation is 1. The quantitative estimate of drug-likeness (QED) is 0.824. The van der Waals surface area contributed by atoms with Crippen LogP contribution in [-0.4, -0.2) is 24.3 Å². The van der Waals surface area contributed by atoms with Gasteiger partial charge in [-0.15, -0.1) is 11.3 Å². The first-order chi connectivity index (χ1) is 9.16. The number of aromatic carboxylic acids is 1. The van der Waals surface area contributed by atoms with E-state index in [4.69, 9.17) is 14.6 Å². The molecule has 0 fully saturated rings. The molecule has 19 heavy (non-hydrogen) atoms. The molecule has 1 N–H and O–H groups in total. The minimum Gasteiger partial charge on any atom is -0.490 e.